The van der Waals surface area contributed by atoms with E-state index in [1.54, 1.807) is 23.1 Å². The summed E-state index contributed by atoms with van der Waals surface area (Å²) in [5, 5.41) is 3.95. The molecule has 1 aliphatic rings. The molecule has 1 aliphatic heterocycles. The lowest BCUT2D eigenvalue weighted by Gasteiger charge is -2.32. The Morgan fingerprint density at radius 2 is 2.28 bits per heavy atom. The van der Waals surface area contributed by atoms with Crippen molar-refractivity contribution in [1.29, 1.82) is 0 Å². The van der Waals surface area contributed by atoms with Crippen molar-refractivity contribution in [2.24, 2.45) is 5.92 Å². The first kappa shape index (κ1) is 17.5. The van der Waals surface area contributed by atoms with E-state index in [1.807, 2.05) is 13.8 Å². The number of ether oxygens (including phenoxy) is 1. The van der Waals surface area contributed by atoms with Crippen LogP contribution in [0.5, 0.6) is 5.75 Å². The van der Waals surface area contributed by atoms with Gasteiger partial charge in [-0.25, -0.2) is 4.39 Å². The molecule has 1 aromatic carbocycles. The van der Waals surface area contributed by atoms with Crippen LogP contribution >= 0.6 is 0 Å². The fourth-order valence-corrected chi connectivity index (χ4v) is 2.97. The van der Waals surface area contributed by atoms with Crippen LogP contribution in [-0.2, 0) is 0 Å². The summed E-state index contributed by atoms with van der Waals surface area (Å²) in [5.41, 5.74) is 0.784. The summed E-state index contributed by atoms with van der Waals surface area (Å²) in [6, 6.07) is 7.83. The Bertz CT molecular complexity index is 729. The highest BCUT2D eigenvalue weighted by Gasteiger charge is 2.27. The molecule has 0 bridgehead atoms. The quantitative estimate of drug-likeness (QED) is 0.825. The van der Waals surface area contributed by atoms with E-state index >= 15 is 0 Å². The Morgan fingerprint density at radius 1 is 1.44 bits per heavy atom. The summed E-state index contributed by atoms with van der Waals surface area (Å²) in [5.74, 6) is 0.794. The minimum Gasteiger partial charge on any atom is -0.493 e. The zero-order chi connectivity index (χ0) is 17.8. The minimum absolute atomic E-state index is 0.130. The largest absolute Gasteiger partial charge is 0.493 e. The third kappa shape index (κ3) is 4.38. The molecule has 1 fully saturated rings. The first-order valence-corrected chi connectivity index (χ1v) is 8.67. The Hall–Kier alpha value is -2.37. The molecular formula is C19H23FN2O3. The number of aromatic nitrogens is 1. The minimum atomic E-state index is -0.316. The van der Waals surface area contributed by atoms with Gasteiger partial charge in [-0.2, -0.15) is 0 Å². The molecule has 0 unspecified atom stereocenters. The van der Waals surface area contributed by atoms with Crippen LogP contribution in [0.1, 0.15) is 48.9 Å². The van der Waals surface area contributed by atoms with Gasteiger partial charge in [-0.1, -0.05) is 25.1 Å². The van der Waals surface area contributed by atoms with E-state index in [2.05, 4.69) is 5.16 Å². The number of hydrogen-bond donors (Lipinski definition) is 0. The normalized spacial score (nSPS) is 17.8. The molecule has 0 saturated carbocycles. The van der Waals surface area contributed by atoms with Crippen LogP contribution in [0, 0.1) is 11.7 Å². The number of amides is 1. The number of carbonyl (C=O) groups is 1. The third-order valence-corrected chi connectivity index (χ3v) is 4.42. The first-order valence-electron chi connectivity index (χ1n) is 8.67. The van der Waals surface area contributed by atoms with E-state index in [4.69, 9.17) is 9.26 Å². The summed E-state index contributed by atoms with van der Waals surface area (Å²) < 4.78 is 24.1. The number of likely N-dealkylation sites (tertiary alicyclic amines) is 1. The van der Waals surface area contributed by atoms with Crippen molar-refractivity contribution in [2.45, 2.75) is 32.6 Å². The Morgan fingerprint density at radius 3 is 3.00 bits per heavy atom. The standard InChI is InChI=1S/C19H23FN2O3/c1-13(2)17-10-18(25-21-17)19(23)22-8-4-5-14(11-22)12-24-16-7-3-6-15(20)9-16/h3,6-7,9-10,13-14H,4-5,8,11-12H2,1-2H3/t14-/m0/s1. The van der Waals surface area contributed by atoms with Gasteiger partial charge in [0.2, 0.25) is 5.76 Å². The van der Waals surface area contributed by atoms with Crippen LogP contribution in [0.15, 0.2) is 34.9 Å². The molecule has 0 N–H and O–H groups in total. The summed E-state index contributed by atoms with van der Waals surface area (Å²) >= 11 is 0. The van der Waals surface area contributed by atoms with E-state index in [0.717, 1.165) is 18.5 Å². The van der Waals surface area contributed by atoms with E-state index in [0.29, 0.717) is 25.4 Å². The lowest BCUT2D eigenvalue weighted by atomic mass is 9.98. The van der Waals surface area contributed by atoms with Crippen LogP contribution in [0.2, 0.25) is 0 Å². The molecule has 1 aromatic heterocycles. The lowest BCUT2D eigenvalue weighted by molar-refractivity contribution is 0.0593. The number of carbonyl (C=O) groups excluding carboxylic acids is 1. The van der Waals surface area contributed by atoms with Gasteiger partial charge in [0.15, 0.2) is 0 Å². The lowest BCUT2D eigenvalue weighted by Crippen LogP contribution is -2.41. The van der Waals surface area contributed by atoms with Crippen LogP contribution in [0.3, 0.4) is 0 Å². The molecule has 25 heavy (non-hydrogen) atoms. The summed E-state index contributed by atoms with van der Waals surface area (Å²) in [7, 11) is 0. The second kappa shape index (κ2) is 7.68. The molecule has 0 radical (unpaired) electrons. The summed E-state index contributed by atoms with van der Waals surface area (Å²) in [6.45, 7) is 5.78. The van der Waals surface area contributed by atoms with Gasteiger partial charge in [-0.15, -0.1) is 0 Å². The fraction of sp³-hybridized carbons (Fsp3) is 0.474. The number of nitrogens with zero attached hydrogens (tertiary/aromatic N) is 2. The Balaban J connectivity index is 1.57. The second-order valence-corrected chi connectivity index (χ2v) is 6.80. The van der Waals surface area contributed by atoms with E-state index < -0.39 is 0 Å². The average Bonchev–Trinajstić information content (AvgIpc) is 3.10. The van der Waals surface area contributed by atoms with Crippen LogP contribution in [0.25, 0.3) is 0 Å². The maximum atomic E-state index is 13.2. The van der Waals surface area contributed by atoms with E-state index in [1.165, 1.54) is 12.1 Å². The molecule has 2 aromatic rings. The highest BCUT2D eigenvalue weighted by molar-refractivity contribution is 5.91. The maximum Gasteiger partial charge on any atom is 0.292 e. The third-order valence-electron chi connectivity index (χ3n) is 4.42. The molecule has 3 rings (SSSR count). The number of hydrogen-bond acceptors (Lipinski definition) is 4. The van der Waals surface area contributed by atoms with Crippen molar-refractivity contribution >= 4 is 5.91 Å². The van der Waals surface area contributed by atoms with Crippen molar-refractivity contribution < 1.29 is 18.4 Å². The van der Waals surface area contributed by atoms with Gasteiger partial charge in [-0.3, -0.25) is 4.79 Å². The Kier molecular flexibility index (Phi) is 5.36. The predicted molar refractivity (Wildman–Crippen MR) is 91.1 cm³/mol. The SMILES string of the molecule is CC(C)c1cc(C(=O)N2CCC[C@H](COc3cccc(F)c3)C2)on1. The van der Waals surface area contributed by atoms with Crippen molar-refractivity contribution in [3.8, 4) is 5.75 Å². The molecule has 2 heterocycles. The number of rotatable bonds is 5. The fourth-order valence-electron chi connectivity index (χ4n) is 2.97. The van der Waals surface area contributed by atoms with E-state index in [9.17, 15) is 9.18 Å². The van der Waals surface area contributed by atoms with Gasteiger partial charge in [0.25, 0.3) is 5.91 Å². The van der Waals surface area contributed by atoms with Crippen molar-refractivity contribution in [3.05, 3.63) is 47.6 Å². The van der Waals surface area contributed by atoms with Crippen molar-refractivity contribution in [2.75, 3.05) is 19.7 Å². The van der Waals surface area contributed by atoms with Crippen molar-refractivity contribution in [1.82, 2.24) is 10.1 Å². The van der Waals surface area contributed by atoms with Gasteiger partial charge in [0.05, 0.1) is 12.3 Å². The van der Waals surface area contributed by atoms with Gasteiger partial charge < -0.3 is 14.2 Å². The molecule has 0 spiro atoms. The number of piperidine rings is 1. The van der Waals surface area contributed by atoms with Crippen molar-refractivity contribution in [3.63, 3.8) is 0 Å². The monoisotopic (exact) mass is 346 g/mol. The molecule has 1 saturated heterocycles. The highest BCUT2D eigenvalue weighted by atomic mass is 19.1. The van der Waals surface area contributed by atoms with Gasteiger partial charge >= 0.3 is 0 Å². The van der Waals surface area contributed by atoms with Gasteiger partial charge in [-0.05, 0) is 30.9 Å². The predicted octanol–water partition coefficient (Wildman–Crippen LogP) is 3.87. The molecule has 6 heteroatoms. The van der Waals surface area contributed by atoms with Crippen LogP contribution in [0.4, 0.5) is 4.39 Å². The average molecular weight is 346 g/mol. The zero-order valence-corrected chi connectivity index (χ0v) is 14.6. The van der Waals surface area contributed by atoms with Gasteiger partial charge in [0, 0.05) is 31.1 Å². The summed E-state index contributed by atoms with van der Waals surface area (Å²) in [6.07, 6.45) is 1.89. The molecule has 134 valence electrons. The second-order valence-electron chi connectivity index (χ2n) is 6.80. The molecule has 1 atom stereocenters. The smallest absolute Gasteiger partial charge is 0.292 e. The number of benzene rings is 1. The van der Waals surface area contributed by atoms with Crippen LogP contribution < -0.4 is 4.74 Å². The Labute approximate surface area is 146 Å². The van der Waals surface area contributed by atoms with E-state index in [-0.39, 0.29) is 29.3 Å². The molecule has 1 amide bonds. The highest BCUT2D eigenvalue weighted by Crippen LogP contribution is 2.22. The molecular weight excluding hydrogens is 323 g/mol. The zero-order valence-electron chi connectivity index (χ0n) is 14.6. The van der Waals surface area contributed by atoms with Crippen LogP contribution in [-0.4, -0.2) is 35.7 Å². The first-order chi connectivity index (χ1) is 12.0. The van der Waals surface area contributed by atoms with Gasteiger partial charge in [0.1, 0.15) is 11.6 Å². The molecule has 0 aliphatic carbocycles. The molecule has 5 nitrogen and oxygen atoms in total. The summed E-state index contributed by atoms with van der Waals surface area (Å²) in [4.78, 5) is 14.4. The topological polar surface area (TPSA) is 55.6 Å². The number of halogens is 1. The maximum absolute atomic E-state index is 13.2.